The number of rotatable bonds is 28. The molecule has 0 bridgehead atoms. The van der Waals surface area contributed by atoms with Gasteiger partial charge in [0.25, 0.3) is 0 Å². The van der Waals surface area contributed by atoms with Gasteiger partial charge < -0.3 is 15.5 Å². The molecule has 0 aromatic rings. The smallest absolute Gasteiger partial charge is 0.220 e. The monoisotopic (exact) mass is 521 g/mol. The molecule has 2 unspecified atom stereocenters. The van der Waals surface area contributed by atoms with Crippen LogP contribution in [-0.2, 0) is 4.79 Å². The lowest BCUT2D eigenvalue weighted by atomic mass is 10.0. The molecule has 0 fully saturated rings. The highest BCUT2D eigenvalue weighted by Gasteiger charge is 2.17. The summed E-state index contributed by atoms with van der Waals surface area (Å²) in [6.45, 7) is 4.24. The average Bonchev–Trinajstić information content (AvgIpc) is 2.90. The Labute approximate surface area is 230 Å². The lowest BCUT2D eigenvalue weighted by molar-refractivity contribution is -0.123. The second-order valence-corrected chi connectivity index (χ2v) is 10.9. The first kappa shape index (κ1) is 35.9. The van der Waals surface area contributed by atoms with Gasteiger partial charge in [0, 0.05) is 6.42 Å². The fourth-order valence-corrected chi connectivity index (χ4v) is 4.63. The van der Waals surface area contributed by atoms with Crippen LogP contribution in [0.1, 0.15) is 162 Å². The fraction of sp³-hybridized carbons (Fsp3) is 0.848. The van der Waals surface area contributed by atoms with Crippen LogP contribution < -0.4 is 5.32 Å². The van der Waals surface area contributed by atoms with Crippen LogP contribution in [-0.4, -0.2) is 34.9 Å². The topological polar surface area (TPSA) is 69.6 Å². The van der Waals surface area contributed by atoms with E-state index < -0.39 is 12.1 Å². The molecule has 0 rings (SSSR count). The Hall–Kier alpha value is -1.13. The van der Waals surface area contributed by atoms with Crippen LogP contribution >= 0.6 is 0 Å². The molecule has 4 heteroatoms. The van der Waals surface area contributed by atoms with E-state index in [2.05, 4.69) is 31.3 Å². The minimum absolute atomic E-state index is 0.0775. The maximum absolute atomic E-state index is 12.2. The summed E-state index contributed by atoms with van der Waals surface area (Å²) in [5, 5.41) is 22.8. The first-order valence-corrected chi connectivity index (χ1v) is 16.1. The summed E-state index contributed by atoms with van der Waals surface area (Å²) in [5.41, 5.74) is 0. The van der Waals surface area contributed by atoms with Gasteiger partial charge in [0.05, 0.1) is 18.8 Å². The predicted molar refractivity (Wildman–Crippen MR) is 161 cm³/mol. The molecular formula is C33H63NO3. The zero-order valence-electron chi connectivity index (χ0n) is 24.7. The maximum Gasteiger partial charge on any atom is 0.220 e. The third-order valence-electron chi connectivity index (χ3n) is 7.18. The third kappa shape index (κ3) is 26.3. The Kier molecular flexibility index (Phi) is 28.5. The van der Waals surface area contributed by atoms with Crippen molar-refractivity contribution in [3.05, 3.63) is 24.3 Å². The number of amides is 1. The summed E-state index contributed by atoms with van der Waals surface area (Å²) in [6.07, 6.45) is 35.3. The predicted octanol–water partition coefficient (Wildman–Crippen LogP) is 8.95. The molecule has 0 saturated carbocycles. The molecule has 1 amide bonds. The van der Waals surface area contributed by atoms with Crippen LogP contribution in [0.3, 0.4) is 0 Å². The molecule has 0 spiro atoms. The van der Waals surface area contributed by atoms with Crippen molar-refractivity contribution in [2.24, 2.45) is 0 Å². The van der Waals surface area contributed by atoms with E-state index in [1.807, 2.05) is 6.08 Å². The molecule has 3 N–H and O–H groups in total. The minimum Gasteiger partial charge on any atom is -0.394 e. The molecule has 218 valence electrons. The molecule has 37 heavy (non-hydrogen) atoms. The highest BCUT2D eigenvalue weighted by molar-refractivity contribution is 5.76. The number of carbonyl (C=O) groups excluding carboxylic acids is 1. The van der Waals surface area contributed by atoms with Gasteiger partial charge in [-0.3, -0.25) is 4.79 Å². The molecule has 0 aliphatic heterocycles. The Balaban J connectivity index is 3.68. The molecule has 4 nitrogen and oxygen atoms in total. The summed E-state index contributed by atoms with van der Waals surface area (Å²) < 4.78 is 0. The van der Waals surface area contributed by atoms with E-state index in [1.165, 1.54) is 103 Å². The van der Waals surface area contributed by atoms with Crippen molar-refractivity contribution in [1.29, 1.82) is 0 Å². The van der Waals surface area contributed by atoms with E-state index in [-0.39, 0.29) is 12.5 Å². The third-order valence-corrected chi connectivity index (χ3v) is 7.18. The molecule has 0 aliphatic carbocycles. The Morgan fingerprint density at radius 1 is 0.622 bits per heavy atom. The van der Waals surface area contributed by atoms with Crippen LogP contribution in [0.15, 0.2) is 24.3 Å². The Morgan fingerprint density at radius 2 is 1.05 bits per heavy atom. The first-order chi connectivity index (χ1) is 18.2. The van der Waals surface area contributed by atoms with Gasteiger partial charge in [-0.15, -0.1) is 0 Å². The zero-order chi connectivity index (χ0) is 27.2. The maximum atomic E-state index is 12.2. The van der Waals surface area contributed by atoms with Gasteiger partial charge in [0.15, 0.2) is 0 Å². The molecule has 0 aromatic carbocycles. The number of hydrogen-bond donors (Lipinski definition) is 3. The number of carbonyl (C=O) groups is 1. The number of unbranched alkanes of at least 4 members (excludes halogenated alkanes) is 19. The number of nitrogens with one attached hydrogen (secondary N) is 1. The summed E-state index contributed by atoms with van der Waals surface area (Å²) in [6, 6.07) is -0.620. The van der Waals surface area contributed by atoms with E-state index >= 15 is 0 Å². The van der Waals surface area contributed by atoms with Crippen LogP contribution in [0.4, 0.5) is 0 Å². The number of hydrogen-bond acceptors (Lipinski definition) is 3. The molecule has 0 aliphatic rings. The highest BCUT2D eigenvalue weighted by atomic mass is 16.3. The van der Waals surface area contributed by atoms with Gasteiger partial charge in [-0.2, -0.15) is 0 Å². The molecule has 2 atom stereocenters. The number of aliphatic hydroxyl groups excluding tert-OH is 2. The number of aliphatic hydroxyl groups is 2. The number of allylic oxidation sites excluding steroid dienone is 3. The molecular weight excluding hydrogens is 458 g/mol. The van der Waals surface area contributed by atoms with Crippen molar-refractivity contribution < 1.29 is 15.0 Å². The van der Waals surface area contributed by atoms with Crippen LogP contribution in [0.5, 0.6) is 0 Å². The standard InChI is InChI=1S/C33H63NO3/c1-3-5-7-9-11-13-15-16-17-19-20-22-24-26-28-32(36)31(30-35)34-33(37)29-27-25-23-21-18-14-12-10-8-6-4-2/h10,12,26,28,31-32,35-36H,3-9,11,13-25,27,29-30H2,1-2H3,(H,34,37)/b12-10-,28-26+. The van der Waals surface area contributed by atoms with Crippen molar-refractivity contribution in [3.63, 3.8) is 0 Å². The quantitative estimate of drug-likeness (QED) is 0.0711. The molecule has 0 aromatic heterocycles. The van der Waals surface area contributed by atoms with Gasteiger partial charge in [-0.1, -0.05) is 141 Å². The summed E-state index contributed by atoms with van der Waals surface area (Å²) in [7, 11) is 0. The normalized spacial score (nSPS) is 13.5. The van der Waals surface area contributed by atoms with Crippen LogP contribution in [0, 0.1) is 0 Å². The van der Waals surface area contributed by atoms with Gasteiger partial charge in [-0.05, 0) is 38.5 Å². The minimum atomic E-state index is -0.836. The van der Waals surface area contributed by atoms with Crippen molar-refractivity contribution >= 4 is 5.91 Å². The Morgan fingerprint density at radius 3 is 1.57 bits per heavy atom. The lowest BCUT2D eigenvalue weighted by Crippen LogP contribution is -2.45. The largest absolute Gasteiger partial charge is 0.394 e. The van der Waals surface area contributed by atoms with Gasteiger partial charge in [-0.25, -0.2) is 0 Å². The summed E-state index contributed by atoms with van der Waals surface area (Å²) in [5.74, 6) is -0.0775. The summed E-state index contributed by atoms with van der Waals surface area (Å²) >= 11 is 0. The second-order valence-electron chi connectivity index (χ2n) is 10.9. The van der Waals surface area contributed by atoms with Gasteiger partial charge in [0.1, 0.15) is 0 Å². The zero-order valence-corrected chi connectivity index (χ0v) is 24.7. The van der Waals surface area contributed by atoms with Crippen molar-refractivity contribution in [3.8, 4) is 0 Å². The lowest BCUT2D eigenvalue weighted by Gasteiger charge is -2.20. The average molecular weight is 522 g/mol. The second kappa shape index (κ2) is 29.4. The van der Waals surface area contributed by atoms with Gasteiger partial charge in [0.2, 0.25) is 5.91 Å². The molecule has 0 saturated heterocycles. The van der Waals surface area contributed by atoms with Crippen molar-refractivity contribution in [1.82, 2.24) is 5.32 Å². The van der Waals surface area contributed by atoms with E-state index in [1.54, 1.807) is 6.08 Å². The van der Waals surface area contributed by atoms with E-state index in [9.17, 15) is 15.0 Å². The Bertz CT molecular complexity index is 532. The highest BCUT2D eigenvalue weighted by Crippen LogP contribution is 2.13. The van der Waals surface area contributed by atoms with Gasteiger partial charge >= 0.3 is 0 Å². The summed E-state index contributed by atoms with van der Waals surface area (Å²) in [4.78, 5) is 12.2. The van der Waals surface area contributed by atoms with Crippen LogP contribution in [0.2, 0.25) is 0 Å². The van der Waals surface area contributed by atoms with Crippen molar-refractivity contribution in [2.45, 2.75) is 174 Å². The van der Waals surface area contributed by atoms with Crippen LogP contribution in [0.25, 0.3) is 0 Å². The molecule has 0 radical (unpaired) electrons. The fourth-order valence-electron chi connectivity index (χ4n) is 4.63. The molecule has 0 heterocycles. The van der Waals surface area contributed by atoms with E-state index in [0.29, 0.717) is 6.42 Å². The first-order valence-electron chi connectivity index (χ1n) is 16.1. The SMILES string of the molecule is CCCC/C=C\CCCCCCCC(=O)NC(CO)C(O)/C=C/CCCCCCCCCCCCCC. The van der Waals surface area contributed by atoms with E-state index in [4.69, 9.17) is 0 Å². The van der Waals surface area contributed by atoms with E-state index in [0.717, 1.165) is 38.5 Å². The van der Waals surface area contributed by atoms with Crippen molar-refractivity contribution in [2.75, 3.05) is 6.61 Å².